The van der Waals surface area contributed by atoms with Crippen molar-refractivity contribution in [3.8, 4) is 17.2 Å². The molecule has 30 heavy (non-hydrogen) atoms. The van der Waals surface area contributed by atoms with Crippen molar-refractivity contribution < 1.29 is 19.0 Å². The molecule has 2 rings (SSSR count). The van der Waals surface area contributed by atoms with Crippen LogP contribution in [0.1, 0.15) is 53.4 Å². The molecular formula is C25H32O5. The molecule has 162 valence electrons. The molecule has 0 aliphatic rings. The molecule has 0 atom stereocenters. The van der Waals surface area contributed by atoms with Crippen LogP contribution in [0.5, 0.6) is 17.2 Å². The van der Waals surface area contributed by atoms with Crippen LogP contribution in [0, 0.1) is 0 Å². The molecule has 0 fully saturated rings. The Labute approximate surface area is 178 Å². The predicted octanol–water partition coefficient (Wildman–Crippen LogP) is 6.31. The molecule has 0 unspecified atom stereocenters. The summed E-state index contributed by atoms with van der Waals surface area (Å²) in [5.74, 6) is 0.183. The molecule has 1 aromatic heterocycles. The summed E-state index contributed by atoms with van der Waals surface area (Å²) in [5, 5.41) is 10.7. The van der Waals surface area contributed by atoms with Crippen molar-refractivity contribution in [3.63, 3.8) is 0 Å². The van der Waals surface area contributed by atoms with Crippen LogP contribution in [0.4, 0.5) is 0 Å². The van der Waals surface area contributed by atoms with E-state index in [2.05, 4.69) is 33.8 Å². The van der Waals surface area contributed by atoms with E-state index in [-0.39, 0.29) is 29.4 Å². The van der Waals surface area contributed by atoms with Crippen LogP contribution in [-0.2, 0) is 0 Å². The topological polar surface area (TPSA) is 68.9 Å². The number of hydrogen-bond acceptors (Lipinski definition) is 5. The molecule has 1 N–H and O–H groups in total. The van der Waals surface area contributed by atoms with Gasteiger partial charge in [0.05, 0.1) is 6.61 Å². The SMILES string of the molecule is CCC=CCCOc1c(OCC=C(C)CCC=C(C)C)c2c(O)cccc2oc1=O. The largest absolute Gasteiger partial charge is 0.507 e. The van der Waals surface area contributed by atoms with E-state index >= 15 is 0 Å². The quantitative estimate of drug-likeness (QED) is 0.266. The number of ether oxygens (including phenoxy) is 2. The molecule has 0 bridgehead atoms. The van der Waals surface area contributed by atoms with Crippen LogP contribution >= 0.6 is 0 Å². The Hall–Kier alpha value is -2.95. The maximum absolute atomic E-state index is 12.5. The lowest BCUT2D eigenvalue weighted by atomic mass is 10.1. The van der Waals surface area contributed by atoms with Crippen molar-refractivity contribution in [2.75, 3.05) is 13.2 Å². The van der Waals surface area contributed by atoms with E-state index in [0.29, 0.717) is 18.4 Å². The molecular weight excluding hydrogens is 380 g/mol. The fourth-order valence-corrected chi connectivity index (χ4v) is 2.92. The molecule has 0 saturated carbocycles. The molecule has 2 aromatic rings. The van der Waals surface area contributed by atoms with E-state index in [9.17, 15) is 9.90 Å². The van der Waals surface area contributed by atoms with Crippen molar-refractivity contribution >= 4 is 11.0 Å². The standard InChI is InChI=1S/C25H32O5/c1-5-6-7-8-16-28-24-23(29-17-15-19(4)12-9-11-18(2)3)22-20(26)13-10-14-21(22)30-25(24)27/h6-7,10-11,13-15,26H,5,8-9,12,16-17H2,1-4H3. The Balaban J connectivity index is 2.25. The van der Waals surface area contributed by atoms with Crippen LogP contribution in [-0.4, -0.2) is 18.3 Å². The van der Waals surface area contributed by atoms with Gasteiger partial charge in [-0.3, -0.25) is 0 Å². The van der Waals surface area contributed by atoms with Gasteiger partial charge in [0.15, 0.2) is 5.75 Å². The fraction of sp³-hybridized carbons (Fsp3) is 0.400. The zero-order chi connectivity index (χ0) is 21.9. The molecule has 1 aromatic carbocycles. The van der Waals surface area contributed by atoms with Gasteiger partial charge in [-0.15, -0.1) is 0 Å². The zero-order valence-corrected chi connectivity index (χ0v) is 18.4. The number of phenolic OH excluding ortho intramolecular Hbond substituents is 1. The average molecular weight is 413 g/mol. The lowest BCUT2D eigenvalue weighted by Crippen LogP contribution is -2.11. The average Bonchev–Trinajstić information content (AvgIpc) is 2.69. The van der Waals surface area contributed by atoms with E-state index in [0.717, 1.165) is 19.3 Å². The third-order valence-corrected chi connectivity index (χ3v) is 4.51. The number of benzene rings is 1. The highest BCUT2D eigenvalue weighted by atomic mass is 16.5. The molecule has 0 aliphatic carbocycles. The highest BCUT2D eigenvalue weighted by Gasteiger charge is 2.20. The number of rotatable bonds is 11. The second kappa shape index (κ2) is 11.9. The number of allylic oxidation sites excluding steroid dienone is 4. The number of aromatic hydroxyl groups is 1. The summed E-state index contributed by atoms with van der Waals surface area (Å²) in [4.78, 5) is 12.5. The lowest BCUT2D eigenvalue weighted by molar-refractivity contribution is 0.275. The third kappa shape index (κ3) is 6.83. The predicted molar refractivity (Wildman–Crippen MR) is 122 cm³/mol. The van der Waals surface area contributed by atoms with Crippen molar-refractivity contribution in [3.05, 3.63) is 64.1 Å². The minimum Gasteiger partial charge on any atom is -0.507 e. The maximum atomic E-state index is 12.5. The van der Waals surface area contributed by atoms with Crippen LogP contribution in [0.25, 0.3) is 11.0 Å². The number of fused-ring (bicyclic) bond motifs is 1. The van der Waals surface area contributed by atoms with Crippen molar-refractivity contribution in [2.45, 2.75) is 53.4 Å². The molecule has 5 heteroatoms. The third-order valence-electron chi connectivity index (χ3n) is 4.51. The van der Waals surface area contributed by atoms with Gasteiger partial charge >= 0.3 is 5.63 Å². The first kappa shape index (κ1) is 23.3. The second-order valence-corrected chi connectivity index (χ2v) is 7.40. The maximum Gasteiger partial charge on any atom is 0.383 e. The van der Waals surface area contributed by atoms with E-state index in [1.807, 2.05) is 18.2 Å². The van der Waals surface area contributed by atoms with E-state index < -0.39 is 5.63 Å². The van der Waals surface area contributed by atoms with Crippen molar-refractivity contribution in [1.29, 1.82) is 0 Å². The molecule has 5 nitrogen and oxygen atoms in total. The first-order chi connectivity index (χ1) is 14.4. The minimum atomic E-state index is -0.619. The van der Waals surface area contributed by atoms with E-state index in [4.69, 9.17) is 13.9 Å². The molecule has 1 heterocycles. The van der Waals surface area contributed by atoms with Gasteiger partial charge in [0.25, 0.3) is 0 Å². The Morgan fingerprint density at radius 1 is 1.07 bits per heavy atom. The summed E-state index contributed by atoms with van der Waals surface area (Å²) in [6.45, 7) is 8.85. The summed E-state index contributed by atoms with van der Waals surface area (Å²) < 4.78 is 17.0. The van der Waals surface area contributed by atoms with Crippen LogP contribution in [0.2, 0.25) is 0 Å². The first-order valence-corrected chi connectivity index (χ1v) is 10.4. The summed E-state index contributed by atoms with van der Waals surface area (Å²) >= 11 is 0. The normalized spacial score (nSPS) is 11.8. The van der Waals surface area contributed by atoms with E-state index in [1.165, 1.54) is 17.2 Å². The Bertz CT molecular complexity index is 975. The first-order valence-electron chi connectivity index (χ1n) is 10.4. The summed E-state index contributed by atoms with van der Waals surface area (Å²) in [7, 11) is 0. The van der Waals surface area contributed by atoms with Crippen LogP contribution in [0.15, 0.2) is 62.9 Å². The number of hydrogen-bond donors (Lipinski definition) is 1. The van der Waals surface area contributed by atoms with Crippen LogP contribution < -0.4 is 15.1 Å². The van der Waals surface area contributed by atoms with Gasteiger partial charge in [0, 0.05) is 0 Å². The minimum absolute atomic E-state index is 0.00973. The van der Waals surface area contributed by atoms with Gasteiger partial charge in [0.2, 0.25) is 5.75 Å². The Morgan fingerprint density at radius 2 is 1.87 bits per heavy atom. The molecule has 0 aliphatic heterocycles. The van der Waals surface area contributed by atoms with E-state index in [1.54, 1.807) is 12.1 Å². The molecule has 0 spiro atoms. The summed E-state index contributed by atoms with van der Waals surface area (Å²) in [6, 6.07) is 4.77. The van der Waals surface area contributed by atoms with Gasteiger partial charge in [-0.05, 0) is 64.7 Å². The van der Waals surface area contributed by atoms with Gasteiger partial charge in [-0.2, -0.15) is 0 Å². The van der Waals surface area contributed by atoms with Gasteiger partial charge in [0.1, 0.15) is 23.3 Å². The van der Waals surface area contributed by atoms with Crippen molar-refractivity contribution in [2.24, 2.45) is 0 Å². The highest BCUT2D eigenvalue weighted by molar-refractivity contribution is 5.91. The second-order valence-electron chi connectivity index (χ2n) is 7.40. The van der Waals surface area contributed by atoms with Gasteiger partial charge < -0.3 is 19.0 Å². The molecule has 0 radical (unpaired) electrons. The fourth-order valence-electron chi connectivity index (χ4n) is 2.92. The van der Waals surface area contributed by atoms with Crippen LogP contribution in [0.3, 0.4) is 0 Å². The molecule has 0 amide bonds. The Kier molecular flexibility index (Phi) is 9.26. The Morgan fingerprint density at radius 3 is 2.60 bits per heavy atom. The van der Waals surface area contributed by atoms with Crippen molar-refractivity contribution in [1.82, 2.24) is 0 Å². The molecule has 0 saturated heterocycles. The zero-order valence-electron chi connectivity index (χ0n) is 18.4. The lowest BCUT2D eigenvalue weighted by Gasteiger charge is -2.13. The highest BCUT2D eigenvalue weighted by Crippen LogP contribution is 2.38. The monoisotopic (exact) mass is 412 g/mol. The summed E-state index contributed by atoms with van der Waals surface area (Å²) in [6.07, 6.45) is 11.7. The van der Waals surface area contributed by atoms with Gasteiger partial charge in [-0.1, -0.05) is 42.4 Å². The summed E-state index contributed by atoms with van der Waals surface area (Å²) in [5.41, 5.74) is 2.13. The van der Waals surface area contributed by atoms with Gasteiger partial charge in [-0.25, -0.2) is 4.79 Å². The smallest absolute Gasteiger partial charge is 0.383 e. The number of phenols is 1.